The van der Waals surface area contributed by atoms with E-state index in [1.54, 1.807) is 6.07 Å². The maximum atomic E-state index is 11.7. The van der Waals surface area contributed by atoms with Crippen LogP contribution in [-0.2, 0) is 9.53 Å². The van der Waals surface area contributed by atoms with Gasteiger partial charge in [-0.05, 0) is 18.2 Å². The Labute approximate surface area is 114 Å². The molecule has 0 radical (unpaired) electrons. The first-order valence-corrected chi connectivity index (χ1v) is 6.91. The number of nitrogens with zero attached hydrogens (tertiary/aromatic N) is 1. The quantitative estimate of drug-likeness (QED) is 0.844. The highest BCUT2D eigenvalue weighted by molar-refractivity contribution is 8.00. The molecule has 2 heterocycles. The highest BCUT2D eigenvalue weighted by atomic mass is 32.2. The Morgan fingerprint density at radius 3 is 3.05 bits per heavy atom. The summed E-state index contributed by atoms with van der Waals surface area (Å²) < 4.78 is 5.11. The molecule has 2 aliphatic heterocycles. The van der Waals surface area contributed by atoms with Gasteiger partial charge in [-0.3, -0.25) is 9.69 Å². The van der Waals surface area contributed by atoms with Gasteiger partial charge >= 0.3 is 6.09 Å². The van der Waals surface area contributed by atoms with Crippen LogP contribution in [0.4, 0.5) is 16.2 Å². The van der Waals surface area contributed by atoms with E-state index in [9.17, 15) is 9.59 Å². The van der Waals surface area contributed by atoms with Crippen LogP contribution >= 0.6 is 11.8 Å². The lowest BCUT2D eigenvalue weighted by Crippen LogP contribution is -2.27. The SMILES string of the molecule is NC[C@@H]1CN(c2ccc3c(c2)NC(=O)CS3)C(=O)O1. The molecule has 0 aliphatic carbocycles. The zero-order valence-electron chi connectivity index (χ0n) is 10.1. The Morgan fingerprint density at radius 2 is 2.32 bits per heavy atom. The number of nitrogens with one attached hydrogen (secondary N) is 1. The molecule has 0 unspecified atom stereocenters. The normalized spacial score (nSPS) is 21.9. The number of amides is 2. The van der Waals surface area contributed by atoms with E-state index in [-0.39, 0.29) is 12.0 Å². The summed E-state index contributed by atoms with van der Waals surface area (Å²) in [5.74, 6) is 0.395. The molecule has 6 nitrogen and oxygen atoms in total. The molecule has 0 spiro atoms. The summed E-state index contributed by atoms with van der Waals surface area (Å²) in [4.78, 5) is 25.6. The Hall–Kier alpha value is -1.73. The van der Waals surface area contributed by atoms with Gasteiger partial charge in [0, 0.05) is 17.1 Å². The van der Waals surface area contributed by atoms with Crippen LogP contribution in [0.1, 0.15) is 0 Å². The number of thioether (sulfide) groups is 1. The molecule has 3 N–H and O–H groups in total. The maximum Gasteiger partial charge on any atom is 0.414 e. The van der Waals surface area contributed by atoms with Gasteiger partial charge in [0.05, 0.1) is 18.0 Å². The first-order valence-electron chi connectivity index (χ1n) is 5.92. The minimum atomic E-state index is -0.398. The molecule has 0 bridgehead atoms. The van der Waals surface area contributed by atoms with Gasteiger partial charge < -0.3 is 15.8 Å². The zero-order valence-corrected chi connectivity index (χ0v) is 10.9. The summed E-state index contributed by atoms with van der Waals surface area (Å²) in [7, 11) is 0. The standard InChI is InChI=1S/C12H13N3O3S/c13-4-8-5-15(12(17)18-8)7-1-2-10-9(3-7)14-11(16)6-19-10/h1-3,8H,4-6,13H2,(H,14,16)/t8-/m1/s1. The van der Waals surface area contributed by atoms with Crippen LogP contribution in [0.25, 0.3) is 0 Å². The summed E-state index contributed by atoms with van der Waals surface area (Å²) in [5.41, 5.74) is 6.95. The highest BCUT2D eigenvalue weighted by Crippen LogP contribution is 2.35. The van der Waals surface area contributed by atoms with Crippen LogP contribution in [0.3, 0.4) is 0 Å². The van der Waals surface area contributed by atoms with E-state index in [0.717, 1.165) is 10.6 Å². The number of hydrogen-bond acceptors (Lipinski definition) is 5. The first kappa shape index (κ1) is 12.3. The largest absolute Gasteiger partial charge is 0.443 e. The van der Waals surface area contributed by atoms with Gasteiger partial charge in [-0.15, -0.1) is 11.8 Å². The molecule has 7 heteroatoms. The van der Waals surface area contributed by atoms with E-state index < -0.39 is 6.09 Å². The molecule has 2 aliphatic rings. The van der Waals surface area contributed by atoms with Crippen molar-refractivity contribution in [3.05, 3.63) is 18.2 Å². The van der Waals surface area contributed by atoms with Crippen molar-refractivity contribution in [1.82, 2.24) is 0 Å². The average molecular weight is 279 g/mol. The van der Waals surface area contributed by atoms with Crippen molar-refractivity contribution in [2.45, 2.75) is 11.0 Å². The molecule has 0 saturated carbocycles. The number of benzene rings is 1. The second kappa shape index (κ2) is 4.75. The first-order chi connectivity index (χ1) is 9.17. The third-order valence-electron chi connectivity index (χ3n) is 3.04. The number of cyclic esters (lactones) is 1. The number of nitrogens with two attached hydrogens (primary N) is 1. The van der Waals surface area contributed by atoms with Crippen molar-refractivity contribution < 1.29 is 14.3 Å². The van der Waals surface area contributed by atoms with Crippen molar-refractivity contribution in [1.29, 1.82) is 0 Å². The van der Waals surface area contributed by atoms with Gasteiger partial charge in [-0.25, -0.2) is 4.79 Å². The van der Waals surface area contributed by atoms with E-state index in [2.05, 4.69) is 5.32 Å². The molecule has 1 aromatic rings. The second-order valence-electron chi connectivity index (χ2n) is 4.37. The number of anilines is 2. The summed E-state index contributed by atoms with van der Waals surface area (Å²) in [6, 6.07) is 5.54. The molecule has 1 fully saturated rings. The minimum absolute atomic E-state index is 0.0292. The second-order valence-corrected chi connectivity index (χ2v) is 5.39. The van der Waals surface area contributed by atoms with Crippen LogP contribution in [0, 0.1) is 0 Å². The lowest BCUT2D eigenvalue weighted by molar-refractivity contribution is -0.113. The average Bonchev–Trinajstić information content (AvgIpc) is 2.79. The van der Waals surface area contributed by atoms with Gasteiger partial charge in [0.15, 0.2) is 0 Å². The molecular formula is C12H13N3O3S. The van der Waals surface area contributed by atoms with Crippen LogP contribution in [0.15, 0.2) is 23.1 Å². The van der Waals surface area contributed by atoms with Gasteiger partial charge in [-0.1, -0.05) is 0 Å². The fourth-order valence-electron chi connectivity index (χ4n) is 2.09. The monoisotopic (exact) mass is 279 g/mol. The molecule has 2 amide bonds. The molecule has 3 rings (SSSR count). The van der Waals surface area contributed by atoms with E-state index in [4.69, 9.17) is 10.5 Å². The third-order valence-corrected chi connectivity index (χ3v) is 4.12. The fraction of sp³-hybridized carbons (Fsp3) is 0.333. The maximum absolute atomic E-state index is 11.7. The van der Waals surface area contributed by atoms with Gasteiger partial charge in [0.25, 0.3) is 0 Å². The highest BCUT2D eigenvalue weighted by Gasteiger charge is 2.32. The third kappa shape index (κ3) is 2.26. The predicted molar refractivity (Wildman–Crippen MR) is 72.5 cm³/mol. The molecular weight excluding hydrogens is 266 g/mol. The predicted octanol–water partition coefficient (Wildman–Crippen LogP) is 1.01. The molecule has 19 heavy (non-hydrogen) atoms. The minimum Gasteiger partial charge on any atom is -0.443 e. The Bertz CT molecular complexity index is 549. The summed E-state index contributed by atoms with van der Waals surface area (Å²) in [5, 5.41) is 2.80. The molecule has 1 atom stereocenters. The fourth-order valence-corrected chi connectivity index (χ4v) is 2.88. The van der Waals surface area contributed by atoms with Crippen molar-refractivity contribution in [2.75, 3.05) is 29.1 Å². The summed E-state index contributed by atoms with van der Waals surface area (Å²) >= 11 is 1.49. The van der Waals surface area contributed by atoms with Crippen LogP contribution in [0.5, 0.6) is 0 Å². The van der Waals surface area contributed by atoms with Crippen LogP contribution in [-0.4, -0.2) is 36.9 Å². The number of ether oxygens (including phenoxy) is 1. The lowest BCUT2D eigenvalue weighted by atomic mass is 10.2. The van der Waals surface area contributed by atoms with E-state index >= 15 is 0 Å². The van der Waals surface area contributed by atoms with Crippen LogP contribution in [0.2, 0.25) is 0 Å². The van der Waals surface area contributed by atoms with Gasteiger partial charge in [0.2, 0.25) is 5.91 Å². The molecule has 1 saturated heterocycles. The Balaban J connectivity index is 1.88. The number of fused-ring (bicyclic) bond motifs is 1. The van der Waals surface area contributed by atoms with E-state index in [0.29, 0.717) is 24.5 Å². The molecule has 1 aromatic carbocycles. The number of carbonyl (C=O) groups is 2. The van der Waals surface area contributed by atoms with Crippen molar-refractivity contribution in [3.8, 4) is 0 Å². The summed E-state index contributed by atoms with van der Waals surface area (Å²) in [6.07, 6.45) is -0.669. The zero-order chi connectivity index (χ0) is 13.4. The Morgan fingerprint density at radius 1 is 1.47 bits per heavy atom. The lowest BCUT2D eigenvalue weighted by Gasteiger charge is -2.19. The number of carbonyl (C=O) groups excluding carboxylic acids is 2. The summed E-state index contributed by atoms with van der Waals surface area (Å²) in [6.45, 7) is 0.745. The van der Waals surface area contributed by atoms with Gasteiger partial charge in [-0.2, -0.15) is 0 Å². The van der Waals surface area contributed by atoms with Crippen molar-refractivity contribution in [2.24, 2.45) is 5.73 Å². The molecule has 100 valence electrons. The molecule has 0 aromatic heterocycles. The topological polar surface area (TPSA) is 84.7 Å². The van der Waals surface area contributed by atoms with E-state index in [1.165, 1.54) is 16.7 Å². The number of hydrogen-bond donors (Lipinski definition) is 2. The Kier molecular flexibility index (Phi) is 3.08. The van der Waals surface area contributed by atoms with Gasteiger partial charge in [0.1, 0.15) is 6.10 Å². The smallest absolute Gasteiger partial charge is 0.414 e. The van der Waals surface area contributed by atoms with Crippen molar-refractivity contribution >= 4 is 35.1 Å². The number of rotatable bonds is 2. The van der Waals surface area contributed by atoms with E-state index in [1.807, 2.05) is 12.1 Å². The van der Waals surface area contributed by atoms with Crippen molar-refractivity contribution in [3.63, 3.8) is 0 Å². The van der Waals surface area contributed by atoms with Crippen LogP contribution < -0.4 is 16.0 Å².